The molecule has 1 aromatic heterocycles. The topological polar surface area (TPSA) is 36.9 Å². The monoisotopic (exact) mass is 677 g/mol. The molecule has 0 bridgehead atoms. The Morgan fingerprint density at radius 2 is 1.95 bits per heavy atom. The molecule has 20 heavy (non-hydrogen) atoms. The molecule has 0 amide bonds. The van der Waals surface area contributed by atoms with Gasteiger partial charge in [-0.15, -0.1) is 0 Å². The average Bonchev–Trinajstić information content (AvgIpc) is 2.69. The Bertz CT molecular complexity index is 590. The minimum absolute atomic E-state index is 0.890. The third kappa shape index (κ3) is 4.74. The number of benzene rings is 1. The fourth-order valence-corrected chi connectivity index (χ4v) is 3.19. The first kappa shape index (κ1) is 16.8. The maximum Gasteiger partial charge on any atom is 0.0311 e. The van der Waals surface area contributed by atoms with Crippen molar-refractivity contribution in [2.75, 3.05) is 0 Å². The van der Waals surface area contributed by atoms with Crippen molar-refractivity contribution in [1.82, 2.24) is 16.1 Å². The van der Waals surface area contributed by atoms with Crippen LogP contribution < -0.4 is 0 Å². The number of nitrogens with zero attached hydrogens (tertiary/aromatic N) is 3. The maximum atomic E-state index is 4.38. The zero-order chi connectivity index (χ0) is 14.5. The van der Waals surface area contributed by atoms with E-state index in [1.807, 2.05) is 42.1 Å². The van der Waals surface area contributed by atoms with E-state index in [-0.39, 0.29) is 0 Å². The minimum atomic E-state index is 0.890. The van der Waals surface area contributed by atoms with Crippen LogP contribution in [0, 0.1) is 3.80 Å². The van der Waals surface area contributed by atoms with Gasteiger partial charge in [-0.05, 0) is 12.8 Å². The van der Waals surface area contributed by atoms with Crippen molar-refractivity contribution in [2.24, 2.45) is 7.05 Å². The Hall–Kier alpha value is 0.468. The molecule has 0 aliphatic heterocycles. The summed E-state index contributed by atoms with van der Waals surface area (Å²) in [7, 11) is 1.95. The van der Waals surface area contributed by atoms with Crippen molar-refractivity contribution in [3.8, 4) is 11.4 Å². The summed E-state index contributed by atoms with van der Waals surface area (Å²) >= 11 is 6.86. The number of nitrogens with one attached hydrogen (secondary N) is 1. The summed E-state index contributed by atoms with van der Waals surface area (Å²) in [6, 6.07) is 11.0. The number of H-pyrrole nitrogens is 1. The standard InChI is InChI=1S/C9H9N3.C4H7I2N.Pt/c1-12-7-10-9(11-12)8-5-3-2-4-6-8;5-7(6)4-2-1-3-4;/h2-6H,1H3,(H,10,11);4H,1-3H2;. The Morgan fingerprint density at radius 3 is 2.30 bits per heavy atom. The van der Waals surface area contributed by atoms with Gasteiger partial charge in [0.2, 0.25) is 0 Å². The van der Waals surface area contributed by atoms with Crippen LogP contribution in [0.3, 0.4) is 0 Å². The van der Waals surface area contributed by atoms with E-state index in [2.05, 4.69) is 76.5 Å². The molecular weight excluding hydrogens is 661 g/mol. The van der Waals surface area contributed by atoms with E-state index in [1.165, 1.54) is 19.3 Å². The Balaban J connectivity index is 0.000000178. The summed E-state index contributed by atoms with van der Waals surface area (Å²) in [6.07, 6.45) is 4.25. The molecule has 1 N–H and O–H groups in total. The van der Waals surface area contributed by atoms with Crippen molar-refractivity contribution in [2.45, 2.75) is 25.3 Å². The number of halogens is 2. The molecule has 0 radical (unpaired) electrons. The summed E-state index contributed by atoms with van der Waals surface area (Å²) in [5.41, 5.74) is 1.11. The van der Waals surface area contributed by atoms with Crippen LogP contribution in [-0.2, 0) is 26.4 Å². The van der Waals surface area contributed by atoms with Crippen molar-refractivity contribution in [3.63, 3.8) is 0 Å². The van der Waals surface area contributed by atoms with Gasteiger partial charge in [0.15, 0.2) is 0 Å². The van der Waals surface area contributed by atoms with Gasteiger partial charge in [0.25, 0.3) is 0 Å². The molecule has 1 heterocycles. The third-order valence-electron chi connectivity index (χ3n) is 3.12. The van der Waals surface area contributed by atoms with E-state index in [0.29, 0.717) is 0 Å². The summed E-state index contributed by atoms with van der Waals surface area (Å²) in [5, 5.41) is 3.16. The van der Waals surface area contributed by atoms with Gasteiger partial charge in [-0.3, -0.25) is 0 Å². The quantitative estimate of drug-likeness (QED) is 0.386. The number of aryl methyl sites for hydroxylation is 1. The predicted octanol–water partition coefficient (Wildman–Crippen LogP) is 4.03. The maximum absolute atomic E-state index is 4.38. The molecule has 0 unspecified atom stereocenters. The van der Waals surface area contributed by atoms with Gasteiger partial charge in [0.05, 0.1) is 0 Å². The number of hydrogen-bond donors (Lipinski definition) is 1. The van der Waals surface area contributed by atoms with Gasteiger partial charge < -0.3 is 0 Å². The van der Waals surface area contributed by atoms with Crippen LogP contribution in [0.4, 0.5) is 0 Å². The van der Waals surface area contributed by atoms with E-state index in [4.69, 9.17) is 0 Å². The van der Waals surface area contributed by atoms with Crippen LogP contribution in [0.1, 0.15) is 19.3 Å². The molecule has 1 saturated carbocycles. The fourth-order valence-electron chi connectivity index (χ4n) is 1.69. The van der Waals surface area contributed by atoms with E-state index in [9.17, 15) is 0 Å². The first-order valence-electron chi connectivity index (χ1n) is 6.32. The third-order valence-corrected chi connectivity index (χ3v) is 5.72. The van der Waals surface area contributed by atoms with Gasteiger partial charge in [-0.1, -0.05) is 6.42 Å². The number of rotatable bonds is 2. The Kier molecular flexibility index (Phi) is 6.90. The molecule has 7 heteroatoms. The van der Waals surface area contributed by atoms with Gasteiger partial charge in [-0.2, -0.15) is 1.33 Å². The molecule has 0 spiro atoms. The first-order valence-corrected chi connectivity index (χ1v) is 9.39. The zero-order valence-electron chi connectivity index (χ0n) is 11.0. The second-order valence-corrected chi connectivity index (χ2v) is 9.52. The van der Waals surface area contributed by atoms with Crippen molar-refractivity contribution < 1.29 is 19.4 Å². The summed E-state index contributed by atoms with van der Waals surface area (Å²) in [6.45, 7) is 0. The van der Waals surface area contributed by atoms with E-state index < -0.39 is 0 Å². The van der Waals surface area contributed by atoms with Crippen molar-refractivity contribution in [1.29, 1.82) is 0 Å². The fraction of sp³-hybridized carbons (Fsp3) is 0.385. The molecule has 1 fully saturated rings. The summed E-state index contributed by atoms with van der Waals surface area (Å²) in [5.74, 6) is 0.910. The van der Waals surface area contributed by atoms with E-state index >= 15 is 0 Å². The first-order chi connectivity index (χ1) is 9.58. The average molecular weight is 677 g/mol. The van der Waals surface area contributed by atoms with Crippen LogP contribution >= 0.6 is 45.7 Å². The molecule has 4 nitrogen and oxygen atoms in total. The van der Waals surface area contributed by atoms with Gasteiger partial charge in [0.1, 0.15) is 0 Å². The SMILES string of the molecule is Cn1[nH]c(-c2ccccc2)n[c]1=[Pt].IN(I)C1CCC1. The zero-order valence-corrected chi connectivity index (χ0v) is 17.6. The van der Waals surface area contributed by atoms with Gasteiger partial charge in [-0.25, -0.2) is 0 Å². The summed E-state index contributed by atoms with van der Waals surface area (Å²) in [4.78, 5) is 4.38. The molecule has 0 saturated heterocycles. The number of aromatic amines is 1. The molecule has 112 valence electrons. The molecule has 1 aliphatic rings. The van der Waals surface area contributed by atoms with Crippen LogP contribution in [0.5, 0.6) is 0 Å². The number of aromatic nitrogens is 3. The summed E-state index contributed by atoms with van der Waals surface area (Å²) < 4.78 is 5.10. The van der Waals surface area contributed by atoms with Crippen molar-refractivity contribution in [3.05, 3.63) is 34.1 Å². The van der Waals surface area contributed by atoms with E-state index in [0.717, 1.165) is 21.2 Å². The Morgan fingerprint density at radius 1 is 1.30 bits per heavy atom. The molecule has 2 aromatic rings. The largest absolute Gasteiger partial charge is 0.185 e. The van der Waals surface area contributed by atoms with Gasteiger partial charge in [0, 0.05) is 51.8 Å². The smallest absolute Gasteiger partial charge is 0.0311 e. The molecule has 0 atom stereocenters. The van der Waals surface area contributed by atoms with Gasteiger partial charge >= 0.3 is 86.7 Å². The predicted molar refractivity (Wildman–Crippen MR) is 93.8 cm³/mol. The second kappa shape index (κ2) is 8.19. The van der Waals surface area contributed by atoms with Crippen LogP contribution in [0.2, 0.25) is 0 Å². The normalized spacial score (nSPS) is 14.7. The molecule has 3 rings (SSSR count). The molecule has 1 aromatic carbocycles. The van der Waals surface area contributed by atoms with Crippen molar-refractivity contribution >= 4 is 45.7 Å². The Labute approximate surface area is 157 Å². The van der Waals surface area contributed by atoms with Crippen LogP contribution in [0.25, 0.3) is 11.4 Å². The number of hydrogen-bond acceptors (Lipinski definition) is 2. The van der Waals surface area contributed by atoms with E-state index in [1.54, 1.807) is 0 Å². The molecule has 1 aliphatic carbocycles. The molecular formula is C13H16I2N4Pt. The van der Waals surface area contributed by atoms with Crippen LogP contribution in [-0.4, -0.2) is 22.1 Å². The second-order valence-electron chi connectivity index (χ2n) is 4.58. The minimum Gasteiger partial charge on any atom is -0.185 e. The van der Waals surface area contributed by atoms with Crippen LogP contribution in [0.15, 0.2) is 30.3 Å².